The quantitative estimate of drug-likeness (QED) is 0.548. The largest absolute Gasteiger partial charge is 0.379 e. The zero-order chi connectivity index (χ0) is 7.52. The molecule has 0 N–H and O–H groups in total. The highest BCUT2D eigenvalue weighted by molar-refractivity contribution is 7.44. The maximum absolute atomic E-state index is 5.41. The van der Waals surface area contributed by atoms with Crippen molar-refractivity contribution in [2.24, 2.45) is 0 Å². The third-order valence-electron chi connectivity index (χ3n) is 1.71. The van der Waals surface area contributed by atoms with Crippen LogP contribution >= 0.6 is 8.53 Å². The normalized spacial score (nSPS) is 29.5. The molecule has 0 aromatic rings. The summed E-state index contributed by atoms with van der Waals surface area (Å²) < 4.78 is 18.3. The lowest BCUT2D eigenvalue weighted by molar-refractivity contribution is 0.0671. The standard InChI is InChI=1S/C6H12NO3P/c1-3-8-4-2-7(1)11-9-5-6-10-11/h1-6H2. The van der Waals surface area contributed by atoms with Gasteiger partial charge in [-0.3, -0.25) is 0 Å². The summed E-state index contributed by atoms with van der Waals surface area (Å²) in [4.78, 5) is 0. The lowest BCUT2D eigenvalue weighted by atomic mass is 10.5. The predicted molar refractivity (Wildman–Crippen MR) is 41.2 cm³/mol. The molecule has 2 aliphatic rings. The van der Waals surface area contributed by atoms with Crippen LogP contribution in [0.5, 0.6) is 0 Å². The molecule has 0 radical (unpaired) electrons. The van der Waals surface area contributed by atoms with E-state index in [2.05, 4.69) is 4.67 Å². The number of morpholine rings is 1. The number of hydrogen-bond acceptors (Lipinski definition) is 4. The molecule has 11 heavy (non-hydrogen) atoms. The fraction of sp³-hybridized carbons (Fsp3) is 1.00. The zero-order valence-corrected chi connectivity index (χ0v) is 7.26. The van der Waals surface area contributed by atoms with Crippen LogP contribution in [-0.4, -0.2) is 44.2 Å². The molecule has 0 aromatic heterocycles. The van der Waals surface area contributed by atoms with E-state index in [4.69, 9.17) is 13.8 Å². The second-order valence-corrected chi connectivity index (χ2v) is 4.03. The van der Waals surface area contributed by atoms with E-state index in [1.807, 2.05) is 0 Å². The predicted octanol–water partition coefficient (Wildman–Crippen LogP) is 0.592. The number of rotatable bonds is 1. The topological polar surface area (TPSA) is 30.9 Å². The van der Waals surface area contributed by atoms with Gasteiger partial charge in [-0.05, 0) is 0 Å². The van der Waals surface area contributed by atoms with Gasteiger partial charge in [0, 0.05) is 13.1 Å². The molecule has 0 spiro atoms. The van der Waals surface area contributed by atoms with Crippen molar-refractivity contribution in [1.29, 1.82) is 0 Å². The van der Waals surface area contributed by atoms with Crippen molar-refractivity contribution in [3.8, 4) is 0 Å². The SMILES string of the molecule is C1CN(P2OCCO2)CCO1. The first-order valence-corrected chi connectivity index (χ1v) is 4.98. The van der Waals surface area contributed by atoms with Gasteiger partial charge >= 0.3 is 0 Å². The maximum Gasteiger partial charge on any atom is 0.259 e. The van der Waals surface area contributed by atoms with Crippen molar-refractivity contribution in [2.45, 2.75) is 0 Å². The highest BCUT2D eigenvalue weighted by Gasteiger charge is 2.26. The first-order valence-electron chi connectivity index (χ1n) is 3.85. The minimum atomic E-state index is -0.710. The fourth-order valence-corrected chi connectivity index (χ4v) is 2.50. The van der Waals surface area contributed by atoms with Crippen molar-refractivity contribution in [1.82, 2.24) is 4.67 Å². The van der Waals surface area contributed by atoms with Gasteiger partial charge in [-0.25, -0.2) is 4.67 Å². The Morgan fingerprint density at radius 3 is 2.18 bits per heavy atom. The van der Waals surface area contributed by atoms with Gasteiger partial charge in [0.15, 0.2) is 0 Å². The minimum Gasteiger partial charge on any atom is -0.379 e. The molecule has 0 bridgehead atoms. The smallest absolute Gasteiger partial charge is 0.259 e. The van der Waals surface area contributed by atoms with Crippen LogP contribution in [0.15, 0.2) is 0 Å². The molecule has 2 aliphatic heterocycles. The molecule has 0 atom stereocenters. The van der Waals surface area contributed by atoms with Crippen LogP contribution in [0.4, 0.5) is 0 Å². The van der Waals surface area contributed by atoms with Crippen molar-refractivity contribution in [2.75, 3.05) is 39.5 Å². The Balaban J connectivity index is 1.82. The van der Waals surface area contributed by atoms with Crippen LogP contribution in [0.2, 0.25) is 0 Å². The molecule has 2 heterocycles. The van der Waals surface area contributed by atoms with Gasteiger partial charge in [-0.1, -0.05) is 0 Å². The molecule has 0 aromatic carbocycles. The Hall–Kier alpha value is 0.270. The van der Waals surface area contributed by atoms with Gasteiger partial charge in [0.05, 0.1) is 26.4 Å². The molecule has 64 valence electrons. The van der Waals surface area contributed by atoms with E-state index in [0.717, 1.165) is 39.5 Å². The van der Waals surface area contributed by atoms with E-state index in [1.54, 1.807) is 0 Å². The third kappa shape index (κ3) is 1.89. The monoisotopic (exact) mass is 177 g/mol. The lowest BCUT2D eigenvalue weighted by Gasteiger charge is -2.28. The molecule has 2 rings (SSSR count). The second-order valence-electron chi connectivity index (χ2n) is 2.47. The summed E-state index contributed by atoms with van der Waals surface area (Å²) in [6.45, 7) is 5.03. The summed E-state index contributed by atoms with van der Waals surface area (Å²) in [6.07, 6.45) is 0. The van der Waals surface area contributed by atoms with E-state index in [0.29, 0.717) is 0 Å². The summed E-state index contributed by atoms with van der Waals surface area (Å²) >= 11 is 0. The highest BCUT2D eigenvalue weighted by atomic mass is 31.2. The first-order chi connectivity index (χ1) is 5.47. The third-order valence-corrected chi connectivity index (χ3v) is 3.37. The van der Waals surface area contributed by atoms with Crippen molar-refractivity contribution < 1.29 is 13.8 Å². The number of nitrogens with zero attached hydrogens (tertiary/aromatic N) is 1. The van der Waals surface area contributed by atoms with Crippen LogP contribution in [-0.2, 0) is 13.8 Å². The Morgan fingerprint density at radius 2 is 1.55 bits per heavy atom. The van der Waals surface area contributed by atoms with Crippen LogP contribution in [0.1, 0.15) is 0 Å². The van der Waals surface area contributed by atoms with Crippen LogP contribution < -0.4 is 0 Å². The Morgan fingerprint density at radius 1 is 0.909 bits per heavy atom. The molecule has 4 nitrogen and oxygen atoms in total. The van der Waals surface area contributed by atoms with E-state index in [9.17, 15) is 0 Å². The Labute approximate surface area is 67.4 Å². The summed E-state index contributed by atoms with van der Waals surface area (Å²) in [7, 11) is -0.710. The molecular weight excluding hydrogens is 165 g/mol. The molecule has 2 saturated heterocycles. The average molecular weight is 177 g/mol. The molecule has 5 heteroatoms. The van der Waals surface area contributed by atoms with Gasteiger partial charge in [0.1, 0.15) is 0 Å². The Bertz CT molecular complexity index is 123. The highest BCUT2D eigenvalue weighted by Crippen LogP contribution is 2.46. The zero-order valence-electron chi connectivity index (χ0n) is 6.36. The second kappa shape index (κ2) is 3.78. The van der Waals surface area contributed by atoms with Crippen molar-refractivity contribution in [3.05, 3.63) is 0 Å². The minimum absolute atomic E-state index is 0.710. The van der Waals surface area contributed by atoms with Gasteiger partial charge in [0.25, 0.3) is 8.53 Å². The van der Waals surface area contributed by atoms with Crippen LogP contribution in [0, 0.1) is 0 Å². The summed E-state index contributed by atoms with van der Waals surface area (Å²) in [5.74, 6) is 0. The van der Waals surface area contributed by atoms with Gasteiger partial charge < -0.3 is 13.8 Å². The van der Waals surface area contributed by atoms with Gasteiger partial charge in [-0.2, -0.15) is 0 Å². The lowest BCUT2D eigenvalue weighted by Crippen LogP contribution is -2.32. The maximum atomic E-state index is 5.41. The summed E-state index contributed by atoms with van der Waals surface area (Å²) in [6, 6.07) is 0. The van der Waals surface area contributed by atoms with E-state index in [1.165, 1.54) is 0 Å². The molecule has 0 saturated carbocycles. The summed E-state index contributed by atoms with van der Waals surface area (Å²) in [5.41, 5.74) is 0. The summed E-state index contributed by atoms with van der Waals surface area (Å²) in [5, 5.41) is 0. The van der Waals surface area contributed by atoms with E-state index >= 15 is 0 Å². The molecule has 0 aliphatic carbocycles. The number of hydrogen-bond donors (Lipinski definition) is 0. The molecular formula is C6H12NO3P. The molecule has 0 amide bonds. The molecule has 2 fully saturated rings. The van der Waals surface area contributed by atoms with E-state index < -0.39 is 8.53 Å². The van der Waals surface area contributed by atoms with Crippen LogP contribution in [0.25, 0.3) is 0 Å². The van der Waals surface area contributed by atoms with Crippen molar-refractivity contribution >= 4 is 8.53 Å². The Kier molecular flexibility index (Phi) is 2.72. The van der Waals surface area contributed by atoms with Crippen LogP contribution in [0.3, 0.4) is 0 Å². The first kappa shape index (κ1) is 7.90. The van der Waals surface area contributed by atoms with Crippen molar-refractivity contribution in [3.63, 3.8) is 0 Å². The van der Waals surface area contributed by atoms with Gasteiger partial charge in [0.2, 0.25) is 0 Å². The van der Waals surface area contributed by atoms with E-state index in [-0.39, 0.29) is 0 Å². The molecule has 0 unspecified atom stereocenters. The number of ether oxygens (including phenoxy) is 1. The van der Waals surface area contributed by atoms with Gasteiger partial charge in [-0.15, -0.1) is 0 Å². The fourth-order valence-electron chi connectivity index (χ4n) is 1.15. The average Bonchev–Trinajstić information content (AvgIpc) is 2.58.